The molecule has 2 aromatic rings. The summed E-state index contributed by atoms with van der Waals surface area (Å²) >= 11 is 0. The molecule has 2 rings (SSSR count). The molecule has 0 bridgehead atoms. The molecule has 0 saturated carbocycles. The van der Waals surface area contributed by atoms with E-state index in [1.807, 2.05) is 78.8 Å². The van der Waals surface area contributed by atoms with Crippen molar-refractivity contribution < 1.29 is 4.79 Å². The number of carbonyl (C=O) groups excluding carboxylic acids is 1. The van der Waals surface area contributed by atoms with Crippen molar-refractivity contribution >= 4 is 12.0 Å². The molecule has 0 radical (unpaired) electrons. The van der Waals surface area contributed by atoms with Crippen LogP contribution < -0.4 is 0 Å². The Morgan fingerprint density at radius 2 is 1.56 bits per heavy atom. The van der Waals surface area contributed by atoms with Crippen LogP contribution in [-0.4, -0.2) is 5.94 Å². The van der Waals surface area contributed by atoms with Gasteiger partial charge < -0.3 is 0 Å². The summed E-state index contributed by atoms with van der Waals surface area (Å²) < 4.78 is 0. The lowest BCUT2D eigenvalue weighted by Crippen LogP contribution is -1.88. The highest BCUT2D eigenvalue weighted by atomic mass is 16.1. The van der Waals surface area contributed by atoms with Gasteiger partial charge in [0.1, 0.15) is 5.94 Å². The molecule has 88 valence electrons. The molecule has 0 aromatic heterocycles. The highest BCUT2D eigenvalue weighted by molar-refractivity contribution is 5.64. The molecular weight excluding hydrogens is 220 g/mol. The number of allylic oxidation sites excluding steroid dienone is 2. The van der Waals surface area contributed by atoms with Crippen molar-refractivity contribution in [3.8, 4) is 0 Å². The van der Waals surface area contributed by atoms with Gasteiger partial charge in [-0.2, -0.15) is 0 Å². The van der Waals surface area contributed by atoms with E-state index in [2.05, 4.69) is 0 Å². The van der Waals surface area contributed by atoms with Gasteiger partial charge in [-0.1, -0.05) is 66.7 Å². The van der Waals surface area contributed by atoms with E-state index in [4.69, 9.17) is 0 Å². The fourth-order valence-electron chi connectivity index (χ4n) is 1.71. The van der Waals surface area contributed by atoms with Crippen molar-refractivity contribution in [2.45, 2.75) is 6.42 Å². The first-order valence-corrected chi connectivity index (χ1v) is 5.89. The smallest absolute Gasteiger partial charge is 0.128 e. The van der Waals surface area contributed by atoms with E-state index in [-0.39, 0.29) is 0 Å². The van der Waals surface area contributed by atoms with E-state index < -0.39 is 0 Å². The van der Waals surface area contributed by atoms with Gasteiger partial charge in [0.25, 0.3) is 0 Å². The van der Waals surface area contributed by atoms with Gasteiger partial charge in [-0.25, -0.2) is 4.79 Å². The molecule has 0 aliphatic carbocycles. The van der Waals surface area contributed by atoms with Crippen LogP contribution in [0.15, 0.2) is 72.3 Å². The van der Waals surface area contributed by atoms with E-state index >= 15 is 0 Å². The zero-order valence-corrected chi connectivity index (χ0v) is 10.0. The maximum atomic E-state index is 10.9. The Morgan fingerprint density at radius 3 is 2.17 bits per heavy atom. The molecular formula is C17H14O. The Bertz CT molecular complexity index is 561. The predicted octanol–water partition coefficient (Wildman–Crippen LogP) is 3.70. The third-order valence-corrected chi connectivity index (χ3v) is 2.65. The topological polar surface area (TPSA) is 17.1 Å². The van der Waals surface area contributed by atoms with Crippen LogP contribution in [0.1, 0.15) is 11.1 Å². The Balaban J connectivity index is 2.08. The Morgan fingerprint density at radius 1 is 0.944 bits per heavy atom. The summed E-state index contributed by atoms with van der Waals surface area (Å²) in [6.07, 6.45) is 4.38. The fourth-order valence-corrected chi connectivity index (χ4v) is 1.71. The number of hydrogen-bond donors (Lipinski definition) is 0. The van der Waals surface area contributed by atoms with Gasteiger partial charge in [0, 0.05) is 12.0 Å². The van der Waals surface area contributed by atoms with Gasteiger partial charge in [0.2, 0.25) is 0 Å². The Kier molecular flexibility index (Phi) is 4.29. The number of benzene rings is 2. The molecule has 0 N–H and O–H groups in total. The normalized spacial score (nSPS) is 10.2. The Labute approximate surface area is 107 Å². The second-order valence-electron chi connectivity index (χ2n) is 4.03. The second-order valence-corrected chi connectivity index (χ2v) is 4.03. The minimum absolute atomic E-state index is 0.619. The largest absolute Gasteiger partial charge is 0.233 e. The zero-order chi connectivity index (χ0) is 12.6. The molecule has 0 aliphatic heterocycles. The summed E-state index contributed by atoms with van der Waals surface area (Å²) in [5.74, 6) is 2.00. The first-order chi connectivity index (χ1) is 8.88. The van der Waals surface area contributed by atoms with Crippen LogP contribution in [0.4, 0.5) is 0 Å². The van der Waals surface area contributed by atoms with Crippen molar-refractivity contribution in [3.05, 3.63) is 83.4 Å². The van der Waals surface area contributed by atoms with Crippen molar-refractivity contribution in [1.29, 1.82) is 0 Å². The van der Waals surface area contributed by atoms with Gasteiger partial charge in [0.05, 0.1) is 0 Å². The summed E-state index contributed by atoms with van der Waals surface area (Å²) in [5, 5.41) is 0. The van der Waals surface area contributed by atoms with Crippen LogP contribution in [0.2, 0.25) is 0 Å². The van der Waals surface area contributed by atoms with Crippen molar-refractivity contribution in [3.63, 3.8) is 0 Å². The zero-order valence-electron chi connectivity index (χ0n) is 10.0. The first-order valence-electron chi connectivity index (χ1n) is 5.89. The third-order valence-electron chi connectivity index (χ3n) is 2.65. The molecule has 0 spiro atoms. The fraction of sp³-hybridized carbons (Fsp3) is 0.0588. The molecule has 0 fully saturated rings. The average molecular weight is 234 g/mol. The molecule has 1 nitrogen and oxygen atoms in total. The van der Waals surface area contributed by atoms with Crippen LogP contribution in [0.25, 0.3) is 6.08 Å². The van der Waals surface area contributed by atoms with Gasteiger partial charge in [-0.3, -0.25) is 0 Å². The third kappa shape index (κ3) is 3.58. The van der Waals surface area contributed by atoms with Crippen LogP contribution >= 0.6 is 0 Å². The Hall–Kier alpha value is -2.37. The molecule has 0 atom stereocenters. The standard InChI is InChI=1S/C17H14O/c18-14-17(13-16-9-5-2-6-10-16)12-11-15-7-3-1-4-8-15/h1-12H,13H2/b12-11+. The highest BCUT2D eigenvalue weighted by Gasteiger charge is 1.96. The number of hydrogen-bond acceptors (Lipinski definition) is 1. The molecule has 1 heteroatoms. The van der Waals surface area contributed by atoms with Crippen LogP contribution in [0.3, 0.4) is 0 Å². The lowest BCUT2D eigenvalue weighted by atomic mass is 10.1. The van der Waals surface area contributed by atoms with Crippen LogP contribution in [0.5, 0.6) is 0 Å². The first kappa shape index (κ1) is 12.1. The second kappa shape index (κ2) is 6.39. The van der Waals surface area contributed by atoms with E-state index in [9.17, 15) is 4.79 Å². The summed E-state index contributed by atoms with van der Waals surface area (Å²) in [5.41, 5.74) is 2.86. The minimum Gasteiger partial charge on any atom is -0.233 e. The summed E-state index contributed by atoms with van der Waals surface area (Å²) in [6.45, 7) is 0. The SMILES string of the molecule is O=C=C(/C=C/c1ccccc1)Cc1ccccc1. The van der Waals surface area contributed by atoms with E-state index in [0.29, 0.717) is 12.0 Å². The highest BCUT2D eigenvalue weighted by Crippen LogP contribution is 2.09. The van der Waals surface area contributed by atoms with E-state index in [1.54, 1.807) is 0 Å². The van der Waals surface area contributed by atoms with Crippen molar-refractivity contribution in [2.75, 3.05) is 0 Å². The lowest BCUT2D eigenvalue weighted by molar-refractivity contribution is 0.567. The molecule has 2 aromatic carbocycles. The molecule has 18 heavy (non-hydrogen) atoms. The van der Waals surface area contributed by atoms with Gasteiger partial charge in [-0.05, 0) is 17.2 Å². The summed E-state index contributed by atoms with van der Waals surface area (Å²) in [6, 6.07) is 19.8. The maximum absolute atomic E-state index is 10.9. The summed E-state index contributed by atoms with van der Waals surface area (Å²) in [4.78, 5) is 10.9. The van der Waals surface area contributed by atoms with Crippen molar-refractivity contribution in [2.24, 2.45) is 0 Å². The van der Waals surface area contributed by atoms with E-state index in [1.165, 1.54) is 0 Å². The lowest BCUT2D eigenvalue weighted by Gasteiger charge is -1.98. The van der Waals surface area contributed by atoms with E-state index in [0.717, 1.165) is 11.1 Å². The molecule has 0 aliphatic rings. The predicted molar refractivity (Wildman–Crippen MR) is 74.8 cm³/mol. The van der Waals surface area contributed by atoms with Gasteiger partial charge in [0.15, 0.2) is 0 Å². The van der Waals surface area contributed by atoms with Crippen molar-refractivity contribution in [1.82, 2.24) is 0 Å². The average Bonchev–Trinajstić information content (AvgIpc) is 2.45. The monoisotopic (exact) mass is 234 g/mol. The number of rotatable bonds is 4. The molecule has 0 saturated heterocycles. The van der Waals surface area contributed by atoms with Gasteiger partial charge in [-0.15, -0.1) is 0 Å². The molecule has 0 amide bonds. The maximum Gasteiger partial charge on any atom is 0.128 e. The molecule has 0 unspecified atom stereocenters. The van der Waals surface area contributed by atoms with Crippen LogP contribution in [-0.2, 0) is 11.2 Å². The molecule has 0 heterocycles. The van der Waals surface area contributed by atoms with Gasteiger partial charge >= 0.3 is 0 Å². The summed E-state index contributed by atoms with van der Waals surface area (Å²) in [7, 11) is 0. The minimum atomic E-state index is 0.619. The quantitative estimate of drug-likeness (QED) is 0.582. The van der Waals surface area contributed by atoms with Crippen LogP contribution in [0, 0.1) is 0 Å².